The Bertz CT molecular complexity index is 7320. The van der Waals surface area contributed by atoms with Crippen LogP contribution in [0, 0.1) is 0 Å². The molecule has 0 atom stereocenters. The van der Waals surface area contributed by atoms with Gasteiger partial charge in [0, 0.05) is 65.7 Å². The third-order valence-corrected chi connectivity index (χ3v) is 21.4. The monoisotopic (exact) mass is 1430 g/mol. The van der Waals surface area contributed by atoms with E-state index in [9.17, 15) is 0 Å². The molecular weight excluding hydrogens is 1370 g/mol. The van der Waals surface area contributed by atoms with Crippen LogP contribution in [0.4, 0.5) is 0 Å². The highest BCUT2D eigenvalue weighted by Crippen LogP contribution is 2.46. The molecule has 0 N–H and O–H groups in total. The van der Waals surface area contributed by atoms with Gasteiger partial charge in [-0.2, -0.15) is 0 Å². The van der Waals surface area contributed by atoms with Crippen molar-refractivity contribution in [2.24, 2.45) is 0 Å². The fraction of sp³-hybridized carbons (Fsp3) is 0. The summed E-state index contributed by atoms with van der Waals surface area (Å²) in [6, 6.07) is 135. The SMILES string of the molecule is c1ccc(-c2ccc(-c3nc(-c4ccccc4)nc(-c4ccccc4-n4c5ccccc5c5ccc6oc7cc(-c8ccccc8)ccc7c6c54)n3)cc2)cc1.c1ccc(-c2ccc(-c3nc(-c4ccccc4)nc(-c4ccccc4-n4c5ccccc5c5ccc6oc7ccc(-c8ccccc8)cc7c6c54)n3)cc2)cc1. The van der Waals surface area contributed by atoms with Gasteiger partial charge in [0.05, 0.1) is 44.2 Å². The molecule has 0 spiro atoms. The van der Waals surface area contributed by atoms with Gasteiger partial charge >= 0.3 is 0 Å². The fourth-order valence-corrected chi connectivity index (χ4v) is 16.0. The van der Waals surface area contributed by atoms with Gasteiger partial charge in [-0.1, -0.05) is 303 Å². The number of nitrogens with zero attached hydrogens (tertiary/aromatic N) is 8. The van der Waals surface area contributed by atoms with E-state index in [1.165, 1.54) is 0 Å². The van der Waals surface area contributed by atoms with E-state index < -0.39 is 0 Å². The molecule has 22 aromatic rings. The van der Waals surface area contributed by atoms with Crippen LogP contribution in [0.5, 0.6) is 0 Å². The first-order valence-corrected chi connectivity index (χ1v) is 37.6. The Hall–Kier alpha value is -15.3. The van der Waals surface area contributed by atoms with Crippen LogP contribution >= 0.6 is 0 Å². The number of para-hydroxylation sites is 4. The van der Waals surface area contributed by atoms with E-state index in [1.54, 1.807) is 0 Å². The summed E-state index contributed by atoms with van der Waals surface area (Å²) in [6.07, 6.45) is 0. The van der Waals surface area contributed by atoms with Crippen molar-refractivity contribution >= 4 is 87.5 Å². The second kappa shape index (κ2) is 27.5. The third kappa shape index (κ3) is 11.5. The number of fused-ring (bicyclic) bond motifs is 14. The van der Waals surface area contributed by atoms with Gasteiger partial charge in [-0.25, -0.2) is 29.9 Å². The maximum atomic E-state index is 6.64. The van der Waals surface area contributed by atoms with Crippen LogP contribution in [0.1, 0.15) is 0 Å². The lowest BCUT2D eigenvalue weighted by Crippen LogP contribution is -2.03. The topological polar surface area (TPSA) is 113 Å². The summed E-state index contributed by atoms with van der Waals surface area (Å²) in [6.45, 7) is 0. The molecule has 16 aromatic carbocycles. The van der Waals surface area contributed by atoms with Crippen LogP contribution in [-0.2, 0) is 0 Å². The van der Waals surface area contributed by atoms with Crippen molar-refractivity contribution < 1.29 is 8.83 Å². The lowest BCUT2D eigenvalue weighted by Gasteiger charge is -2.15. The Morgan fingerprint density at radius 3 is 0.902 bits per heavy atom. The molecule has 0 unspecified atom stereocenters. The second-order valence-electron chi connectivity index (χ2n) is 28.0. The Labute approximate surface area is 643 Å². The first-order valence-electron chi connectivity index (χ1n) is 37.6. The number of hydrogen-bond acceptors (Lipinski definition) is 8. The Morgan fingerprint density at radius 2 is 0.464 bits per heavy atom. The molecule has 112 heavy (non-hydrogen) atoms. The van der Waals surface area contributed by atoms with Crippen molar-refractivity contribution in [2.75, 3.05) is 0 Å². The molecule has 524 valence electrons. The van der Waals surface area contributed by atoms with Crippen molar-refractivity contribution in [3.8, 4) is 124 Å². The van der Waals surface area contributed by atoms with Gasteiger partial charge in [-0.15, -0.1) is 0 Å². The van der Waals surface area contributed by atoms with E-state index in [1.807, 2.05) is 78.9 Å². The number of rotatable bonds is 12. The van der Waals surface area contributed by atoms with Crippen LogP contribution in [-0.4, -0.2) is 39.0 Å². The Morgan fingerprint density at radius 1 is 0.179 bits per heavy atom. The summed E-state index contributed by atoms with van der Waals surface area (Å²) in [5.74, 6) is 3.65. The minimum atomic E-state index is 0.595. The lowest BCUT2D eigenvalue weighted by molar-refractivity contribution is 0.669. The van der Waals surface area contributed by atoms with Crippen molar-refractivity contribution in [2.45, 2.75) is 0 Å². The third-order valence-electron chi connectivity index (χ3n) is 21.4. The predicted molar refractivity (Wildman–Crippen MR) is 457 cm³/mol. The van der Waals surface area contributed by atoms with E-state index >= 15 is 0 Å². The number of benzene rings is 16. The summed E-state index contributed by atoms with van der Waals surface area (Å²) < 4.78 is 17.9. The maximum absolute atomic E-state index is 6.64. The minimum absolute atomic E-state index is 0.595. The zero-order valence-electron chi connectivity index (χ0n) is 60.3. The minimum Gasteiger partial charge on any atom is -0.456 e. The molecular formula is C102H64N8O2. The van der Waals surface area contributed by atoms with E-state index in [2.05, 4.69) is 319 Å². The number of aromatic nitrogens is 8. The molecule has 0 aliphatic rings. The highest BCUT2D eigenvalue weighted by Gasteiger charge is 2.26. The van der Waals surface area contributed by atoms with Crippen LogP contribution in [0.3, 0.4) is 0 Å². The van der Waals surface area contributed by atoms with Gasteiger partial charge in [-0.3, -0.25) is 0 Å². The molecule has 0 saturated heterocycles. The van der Waals surface area contributed by atoms with Crippen LogP contribution in [0.15, 0.2) is 397 Å². The molecule has 0 fully saturated rings. The second-order valence-corrected chi connectivity index (χ2v) is 28.0. The molecule has 6 aromatic heterocycles. The first-order chi connectivity index (χ1) is 55.5. The molecule has 22 rings (SSSR count). The van der Waals surface area contributed by atoms with Crippen molar-refractivity contribution in [1.29, 1.82) is 0 Å². The summed E-state index contributed by atoms with van der Waals surface area (Å²) in [4.78, 5) is 30.9. The first kappa shape index (κ1) is 65.1. The van der Waals surface area contributed by atoms with E-state index in [0.717, 1.165) is 177 Å². The fourth-order valence-electron chi connectivity index (χ4n) is 16.0. The maximum Gasteiger partial charge on any atom is 0.166 e. The number of furan rings is 2. The van der Waals surface area contributed by atoms with Crippen molar-refractivity contribution in [3.63, 3.8) is 0 Å². The van der Waals surface area contributed by atoms with Crippen molar-refractivity contribution in [3.05, 3.63) is 388 Å². The molecule has 0 radical (unpaired) electrons. The summed E-state index contributed by atoms with van der Waals surface area (Å²) >= 11 is 0. The van der Waals surface area contributed by atoms with Crippen molar-refractivity contribution in [1.82, 2.24) is 39.0 Å². The quantitative estimate of drug-likeness (QED) is 0.119. The molecule has 0 amide bonds. The van der Waals surface area contributed by atoms with Gasteiger partial charge in [0.1, 0.15) is 22.3 Å². The molecule has 0 aliphatic carbocycles. The normalized spacial score (nSPS) is 11.6. The average Bonchev–Trinajstić information content (AvgIpc) is 1.54. The van der Waals surface area contributed by atoms with Gasteiger partial charge in [0.2, 0.25) is 0 Å². The Balaban J connectivity index is 0.000000141. The van der Waals surface area contributed by atoms with Crippen LogP contribution in [0.25, 0.3) is 212 Å². The zero-order valence-corrected chi connectivity index (χ0v) is 60.3. The molecule has 10 heteroatoms. The highest BCUT2D eigenvalue weighted by molar-refractivity contribution is 6.26. The van der Waals surface area contributed by atoms with E-state index in [0.29, 0.717) is 34.9 Å². The van der Waals surface area contributed by atoms with Crippen LogP contribution in [0.2, 0.25) is 0 Å². The predicted octanol–water partition coefficient (Wildman–Crippen LogP) is 26.4. The largest absolute Gasteiger partial charge is 0.456 e. The van der Waals surface area contributed by atoms with Gasteiger partial charge in [-0.05, 0) is 129 Å². The summed E-state index contributed by atoms with van der Waals surface area (Å²) in [5.41, 5.74) is 24.3. The lowest BCUT2D eigenvalue weighted by atomic mass is 10.0. The highest BCUT2D eigenvalue weighted by atomic mass is 16.3. The van der Waals surface area contributed by atoms with E-state index in [4.69, 9.17) is 38.7 Å². The zero-order chi connectivity index (χ0) is 74.0. The average molecular weight is 1430 g/mol. The van der Waals surface area contributed by atoms with Gasteiger partial charge < -0.3 is 18.0 Å². The Kier molecular flexibility index (Phi) is 16.0. The van der Waals surface area contributed by atoms with Crippen LogP contribution < -0.4 is 0 Å². The number of hydrogen-bond donors (Lipinski definition) is 0. The summed E-state index contributed by atoms with van der Waals surface area (Å²) in [5, 5.41) is 8.90. The molecule has 0 bridgehead atoms. The molecule has 0 saturated carbocycles. The molecule has 10 nitrogen and oxygen atoms in total. The van der Waals surface area contributed by atoms with Gasteiger partial charge in [0.15, 0.2) is 34.9 Å². The smallest absolute Gasteiger partial charge is 0.166 e. The summed E-state index contributed by atoms with van der Waals surface area (Å²) in [7, 11) is 0. The molecule has 0 aliphatic heterocycles. The standard InChI is InChI=1S/2C51H32N4O/c1-4-14-33(15-5-1)35-24-26-37(27-25-35)50-52-49(36-18-8-3-9-19-36)53-51(54-50)41-21-11-13-23-44(41)55-43-22-12-10-20-39(43)40-29-31-46-47(48(40)55)42-32-38(28-30-45(42)56-46)34-16-6-2-7-17-34;1-4-14-33(15-5-1)35-24-26-37(27-25-35)50-52-49(36-18-8-3-9-19-36)53-51(54-50)41-21-11-13-23-44(41)55-43-22-12-10-20-39(43)40-30-31-45-47(48(40)55)42-29-28-38(32-46(42)56-45)34-16-6-2-7-17-34/h2*1-32H. The van der Waals surface area contributed by atoms with E-state index in [-0.39, 0.29) is 0 Å². The van der Waals surface area contributed by atoms with Gasteiger partial charge in [0.25, 0.3) is 0 Å². The molecule has 6 heterocycles.